The topological polar surface area (TPSA) is 37.3 Å². The average molecular weight is 343 g/mol. The molecule has 1 N–H and O–H groups in total. The van der Waals surface area contributed by atoms with E-state index in [2.05, 4.69) is 45.0 Å². The van der Waals surface area contributed by atoms with E-state index in [1.54, 1.807) is 0 Å². The maximum absolute atomic E-state index is 12.1. The summed E-state index contributed by atoms with van der Waals surface area (Å²) >= 11 is 0. The third-order valence-electron chi connectivity index (χ3n) is 6.98. The van der Waals surface area contributed by atoms with Crippen LogP contribution in [0.4, 0.5) is 0 Å². The minimum absolute atomic E-state index is 0.405. The Morgan fingerprint density at radius 3 is 2.24 bits per heavy atom. The molecule has 2 heteroatoms. The van der Waals surface area contributed by atoms with Gasteiger partial charge in [-0.05, 0) is 66.9 Å². The van der Waals surface area contributed by atoms with Crippen molar-refractivity contribution in [3.8, 4) is 0 Å². The summed E-state index contributed by atoms with van der Waals surface area (Å²) < 4.78 is 0. The largest absolute Gasteiger partial charge is 0.481 e. The van der Waals surface area contributed by atoms with Crippen LogP contribution in [0.2, 0.25) is 0 Å². The summed E-state index contributed by atoms with van der Waals surface area (Å²) in [4.78, 5) is 12.1. The molecule has 2 aliphatic carbocycles. The number of benzene rings is 1. The summed E-state index contributed by atoms with van der Waals surface area (Å²) in [5, 5.41) is 9.97. The molecule has 138 valence electrons. The number of rotatable bonds is 3. The van der Waals surface area contributed by atoms with E-state index < -0.39 is 11.4 Å². The van der Waals surface area contributed by atoms with Crippen molar-refractivity contribution in [3.05, 3.63) is 35.4 Å². The highest BCUT2D eigenvalue weighted by atomic mass is 16.4. The molecule has 0 bridgehead atoms. The van der Waals surface area contributed by atoms with E-state index in [0.29, 0.717) is 11.3 Å². The fourth-order valence-electron chi connectivity index (χ4n) is 5.16. The van der Waals surface area contributed by atoms with Crippen LogP contribution in [0.25, 0.3) is 0 Å². The van der Waals surface area contributed by atoms with Gasteiger partial charge in [0.15, 0.2) is 0 Å². The Labute approximate surface area is 153 Å². The lowest BCUT2D eigenvalue weighted by Crippen LogP contribution is -2.38. The molecule has 2 nitrogen and oxygen atoms in total. The summed E-state index contributed by atoms with van der Waals surface area (Å²) in [6, 6.07) is 8.62. The first-order chi connectivity index (χ1) is 11.8. The Kier molecular flexibility index (Phi) is 5.27. The van der Waals surface area contributed by atoms with Crippen molar-refractivity contribution >= 4 is 5.97 Å². The summed E-state index contributed by atoms with van der Waals surface area (Å²) in [5.74, 6) is 0.796. The van der Waals surface area contributed by atoms with Gasteiger partial charge in [-0.3, -0.25) is 4.79 Å². The molecule has 0 heterocycles. The lowest BCUT2D eigenvalue weighted by molar-refractivity contribution is -0.145. The number of hydrogen-bond acceptors (Lipinski definition) is 1. The number of carbonyl (C=O) groups is 1. The summed E-state index contributed by atoms with van der Waals surface area (Å²) in [7, 11) is 0. The van der Waals surface area contributed by atoms with E-state index >= 15 is 0 Å². The second-order valence-electron chi connectivity index (χ2n) is 9.49. The molecule has 0 amide bonds. The van der Waals surface area contributed by atoms with Crippen molar-refractivity contribution in [1.82, 2.24) is 0 Å². The van der Waals surface area contributed by atoms with Gasteiger partial charge in [0.25, 0.3) is 0 Å². The zero-order chi connectivity index (χ0) is 18.1. The van der Waals surface area contributed by atoms with Crippen molar-refractivity contribution in [2.24, 2.45) is 11.3 Å². The van der Waals surface area contributed by atoms with E-state index in [0.717, 1.165) is 37.2 Å². The molecule has 0 radical (unpaired) electrons. The molecule has 0 spiro atoms. The summed E-state index contributed by atoms with van der Waals surface area (Å²) in [6.45, 7) is 7.08. The molecular formula is C23H34O2. The molecule has 2 aliphatic rings. The van der Waals surface area contributed by atoms with Gasteiger partial charge < -0.3 is 5.11 Å². The zero-order valence-electron chi connectivity index (χ0n) is 16.2. The Bertz CT molecular complexity index is 597. The van der Waals surface area contributed by atoms with Crippen LogP contribution in [-0.4, -0.2) is 11.1 Å². The molecule has 1 aromatic rings. The second-order valence-corrected chi connectivity index (χ2v) is 9.49. The van der Waals surface area contributed by atoms with Crippen molar-refractivity contribution < 1.29 is 9.90 Å². The fourth-order valence-corrected chi connectivity index (χ4v) is 5.16. The van der Waals surface area contributed by atoms with Crippen molar-refractivity contribution in [3.63, 3.8) is 0 Å². The van der Waals surface area contributed by atoms with Gasteiger partial charge in [0.05, 0.1) is 5.41 Å². The smallest absolute Gasteiger partial charge is 0.314 e. The zero-order valence-corrected chi connectivity index (χ0v) is 16.2. The van der Waals surface area contributed by atoms with E-state index in [1.165, 1.54) is 37.7 Å². The first-order valence-corrected chi connectivity index (χ1v) is 10.2. The van der Waals surface area contributed by atoms with Crippen molar-refractivity contribution in [1.29, 1.82) is 0 Å². The molecule has 3 rings (SSSR count). The van der Waals surface area contributed by atoms with Gasteiger partial charge in [-0.1, -0.05) is 64.3 Å². The molecule has 25 heavy (non-hydrogen) atoms. The number of aliphatic carboxylic acids is 1. The highest BCUT2D eigenvalue weighted by molar-refractivity contribution is 5.81. The number of carboxylic acid groups (broad SMARTS) is 1. The van der Waals surface area contributed by atoms with E-state index in [4.69, 9.17) is 0 Å². The maximum atomic E-state index is 12.1. The Balaban J connectivity index is 1.79. The Morgan fingerprint density at radius 2 is 1.68 bits per heavy atom. The molecule has 2 saturated carbocycles. The van der Waals surface area contributed by atoms with Crippen LogP contribution in [0.5, 0.6) is 0 Å². The monoisotopic (exact) mass is 342 g/mol. The molecule has 1 aromatic carbocycles. The van der Waals surface area contributed by atoms with Crippen LogP contribution >= 0.6 is 0 Å². The van der Waals surface area contributed by atoms with E-state index in [-0.39, 0.29) is 0 Å². The van der Waals surface area contributed by atoms with Gasteiger partial charge in [-0.25, -0.2) is 0 Å². The van der Waals surface area contributed by atoms with Gasteiger partial charge in [0.1, 0.15) is 0 Å². The molecule has 2 fully saturated rings. The average Bonchev–Trinajstić information content (AvgIpc) is 2.62. The minimum Gasteiger partial charge on any atom is -0.481 e. The van der Waals surface area contributed by atoms with Crippen LogP contribution in [0.3, 0.4) is 0 Å². The standard InChI is InChI=1S/C23H34O2/c1-22(2,3)19-12-10-17(11-13-19)18-8-7-9-20(16-18)23(21(24)25)14-5-4-6-15-23/h7-9,16-17,19H,4-6,10-15H2,1-3H3,(H,24,25). The third kappa shape index (κ3) is 3.78. The van der Waals surface area contributed by atoms with Crippen LogP contribution < -0.4 is 0 Å². The van der Waals surface area contributed by atoms with Gasteiger partial charge in [0.2, 0.25) is 0 Å². The molecule has 0 aromatic heterocycles. The van der Waals surface area contributed by atoms with Crippen LogP contribution in [0.15, 0.2) is 24.3 Å². The van der Waals surface area contributed by atoms with E-state index in [9.17, 15) is 9.90 Å². The van der Waals surface area contributed by atoms with Gasteiger partial charge >= 0.3 is 5.97 Å². The highest BCUT2D eigenvalue weighted by Crippen LogP contribution is 2.45. The summed E-state index contributed by atoms with van der Waals surface area (Å²) in [6.07, 6.45) is 9.90. The fraction of sp³-hybridized carbons (Fsp3) is 0.696. The first kappa shape index (κ1) is 18.5. The first-order valence-electron chi connectivity index (χ1n) is 10.2. The van der Waals surface area contributed by atoms with Crippen molar-refractivity contribution in [2.45, 2.75) is 89.9 Å². The molecule has 0 aliphatic heterocycles. The van der Waals surface area contributed by atoms with Gasteiger partial charge in [-0.2, -0.15) is 0 Å². The normalized spacial score (nSPS) is 27.0. The van der Waals surface area contributed by atoms with Crippen molar-refractivity contribution in [2.75, 3.05) is 0 Å². The quantitative estimate of drug-likeness (QED) is 0.700. The Morgan fingerprint density at radius 1 is 1.04 bits per heavy atom. The summed E-state index contributed by atoms with van der Waals surface area (Å²) in [5.41, 5.74) is 2.19. The highest BCUT2D eigenvalue weighted by Gasteiger charge is 2.41. The van der Waals surface area contributed by atoms with Gasteiger partial charge in [-0.15, -0.1) is 0 Å². The third-order valence-corrected chi connectivity index (χ3v) is 6.98. The predicted molar refractivity (Wildman–Crippen MR) is 103 cm³/mol. The number of carboxylic acids is 1. The Hall–Kier alpha value is -1.31. The molecule has 0 saturated heterocycles. The van der Waals surface area contributed by atoms with Crippen LogP contribution in [0, 0.1) is 11.3 Å². The number of hydrogen-bond donors (Lipinski definition) is 1. The lowest BCUT2D eigenvalue weighted by atomic mass is 9.67. The predicted octanol–water partition coefficient (Wildman–Crippen LogP) is 6.29. The second kappa shape index (κ2) is 7.13. The van der Waals surface area contributed by atoms with Crippen LogP contribution in [0.1, 0.15) is 95.6 Å². The van der Waals surface area contributed by atoms with Crippen LogP contribution in [-0.2, 0) is 10.2 Å². The molecule has 0 unspecified atom stereocenters. The maximum Gasteiger partial charge on any atom is 0.314 e. The minimum atomic E-state index is -0.642. The molecule has 0 atom stereocenters. The lowest BCUT2D eigenvalue weighted by Gasteiger charge is -2.38. The van der Waals surface area contributed by atoms with E-state index in [1.807, 2.05) is 0 Å². The SMILES string of the molecule is CC(C)(C)C1CCC(c2cccc(C3(C(=O)O)CCCCC3)c2)CC1. The van der Waals surface area contributed by atoms with Gasteiger partial charge in [0, 0.05) is 0 Å². The molecular weight excluding hydrogens is 308 g/mol.